The van der Waals surface area contributed by atoms with E-state index in [0.29, 0.717) is 24.8 Å². The van der Waals surface area contributed by atoms with E-state index >= 15 is 0 Å². The van der Waals surface area contributed by atoms with E-state index in [1.54, 1.807) is 12.1 Å². The van der Waals surface area contributed by atoms with E-state index < -0.39 is 11.9 Å². The molecule has 0 radical (unpaired) electrons. The summed E-state index contributed by atoms with van der Waals surface area (Å²) in [7, 11) is 0. The fourth-order valence-electron chi connectivity index (χ4n) is 2.09. The molecule has 0 amide bonds. The van der Waals surface area contributed by atoms with E-state index in [4.69, 9.17) is 9.84 Å². The maximum Gasteiger partial charge on any atom is 0.306 e. The molecule has 1 aromatic rings. The summed E-state index contributed by atoms with van der Waals surface area (Å²) in [6, 6.07) is 8.97. The van der Waals surface area contributed by atoms with Crippen LogP contribution in [0.1, 0.15) is 49.4 Å². The first-order valence-electron chi connectivity index (χ1n) is 7.54. The Morgan fingerprint density at radius 2 is 1.81 bits per heavy atom. The number of benzene rings is 1. The molecule has 21 heavy (non-hydrogen) atoms. The number of carboxylic acids is 1. The van der Waals surface area contributed by atoms with Gasteiger partial charge in [0.25, 0.3) is 0 Å². The van der Waals surface area contributed by atoms with Crippen molar-refractivity contribution in [2.24, 2.45) is 5.92 Å². The molecule has 1 aliphatic heterocycles. The SMILES string of the molecule is C1CCOC1.CCC(CCC(=O)c1ccccc1)C(=O)O. The molecular weight excluding hydrogens is 268 g/mol. The number of hydrogen-bond donors (Lipinski definition) is 1. The number of carbonyl (C=O) groups excluding carboxylic acids is 1. The highest BCUT2D eigenvalue weighted by atomic mass is 16.5. The van der Waals surface area contributed by atoms with Gasteiger partial charge in [0.05, 0.1) is 5.92 Å². The molecule has 4 heteroatoms. The summed E-state index contributed by atoms with van der Waals surface area (Å²) in [5.74, 6) is -1.21. The molecular formula is C17H24O4. The summed E-state index contributed by atoms with van der Waals surface area (Å²) < 4.78 is 4.94. The van der Waals surface area contributed by atoms with Crippen molar-refractivity contribution in [3.63, 3.8) is 0 Å². The van der Waals surface area contributed by atoms with Crippen molar-refractivity contribution < 1.29 is 19.4 Å². The van der Waals surface area contributed by atoms with E-state index in [1.165, 1.54) is 12.8 Å². The van der Waals surface area contributed by atoms with Crippen LogP contribution in [0.4, 0.5) is 0 Å². The van der Waals surface area contributed by atoms with E-state index in [1.807, 2.05) is 25.1 Å². The van der Waals surface area contributed by atoms with Gasteiger partial charge in [-0.15, -0.1) is 0 Å². The maximum atomic E-state index is 11.7. The van der Waals surface area contributed by atoms with Gasteiger partial charge in [-0.25, -0.2) is 0 Å². The summed E-state index contributed by atoms with van der Waals surface area (Å²) in [6.07, 6.45) is 3.84. The van der Waals surface area contributed by atoms with Gasteiger partial charge in [-0.05, 0) is 25.7 Å². The Morgan fingerprint density at radius 3 is 2.24 bits per heavy atom. The van der Waals surface area contributed by atoms with Gasteiger partial charge in [0.2, 0.25) is 0 Å². The Kier molecular flexibility index (Phi) is 8.36. The van der Waals surface area contributed by atoms with Crippen LogP contribution in [-0.4, -0.2) is 30.1 Å². The lowest BCUT2D eigenvalue weighted by molar-refractivity contribution is -0.142. The molecule has 1 aromatic carbocycles. The molecule has 0 bridgehead atoms. The Bertz CT molecular complexity index is 416. The first kappa shape index (κ1) is 17.4. The van der Waals surface area contributed by atoms with Gasteiger partial charge in [0.1, 0.15) is 0 Å². The zero-order valence-corrected chi connectivity index (χ0v) is 12.6. The van der Waals surface area contributed by atoms with Crippen molar-refractivity contribution in [2.75, 3.05) is 13.2 Å². The average Bonchev–Trinajstić information content (AvgIpc) is 3.07. The van der Waals surface area contributed by atoms with Gasteiger partial charge in [0, 0.05) is 25.2 Å². The quantitative estimate of drug-likeness (QED) is 0.814. The molecule has 1 fully saturated rings. The smallest absolute Gasteiger partial charge is 0.306 e. The number of rotatable bonds is 6. The maximum absolute atomic E-state index is 11.7. The number of Topliss-reactive ketones (excluding diaryl/α,β-unsaturated/α-hetero) is 1. The van der Waals surface area contributed by atoms with Crippen molar-refractivity contribution in [3.05, 3.63) is 35.9 Å². The Balaban J connectivity index is 0.000000369. The van der Waals surface area contributed by atoms with Gasteiger partial charge >= 0.3 is 5.97 Å². The molecule has 1 N–H and O–H groups in total. The summed E-state index contributed by atoms with van der Waals surface area (Å²) in [6.45, 7) is 3.83. The van der Waals surface area contributed by atoms with Crippen molar-refractivity contribution >= 4 is 11.8 Å². The van der Waals surface area contributed by atoms with E-state index in [9.17, 15) is 9.59 Å². The number of hydrogen-bond acceptors (Lipinski definition) is 3. The summed E-state index contributed by atoms with van der Waals surface area (Å²) in [5, 5.41) is 8.85. The first-order chi connectivity index (χ1) is 10.1. The minimum atomic E-state index is -0.816. The second-order valence-electron chi connectivity index (χ2n) is 5.09. The van der Waals surface area contributed by atoms with Crippen LogP contribution in [0, 0.1) is 5.92 Å². The second-order valence-corrected chi connectivity index (χ2v) is 5.09. The highest BCUT2D eigenvalue weighted by Gasteiger charge is 2.16. The van der Waals surface area contributed by atoms with Crippen molar-refractivity contribution in [1.82, 2.24) is 0 Å². The predicted molar refractivity (Wildman–Crippen MR) is 81.5 cm³/mol. The number of carbonyl (C=O) groups is 2. The van der Waals surface area contributed by atoms with E-state index in [0.717, 1.165) is 13.2 Å². The van der Waals surface area contributed by atoms with Crippen LogP contribution in [0.25, 0.3) is 0 Å². The summed E-state index contributed by atoms with van der Waals surface area (Å²) in [5.41, 5.74) is 0.655. The Morgan fingerprint density at radius 1 is 1.19 bits per heavy atom. The molecule has 0 aliphatic carbocycles. The zero-order valence-electron chi connectivity index (χ0n) is 12.6. The lowest BCUT2D eigenvalue weighted by Gasteiger charge is -2.08. The van der Waals surface area contributed by atoms with Crippen LogP contribution in [0.3, 0.4) is 0 Å². The standard InChI is InChI=1S/C13H16O3.C4H8O/c1-2-10(13(15)16)8-9-12(14)11-6-4-3-5-7-11;1-2-4-5-3-1/h3-7,10H,2,8-9H2,1H3,(H,15,16);1-4H2. The van der Waals surface area contributed by atoms with Crippen molar-refractivity contribution in [1.29, 1.82) is 0 Å². The minimum absolute atomic E-state index is 0.0142. The fourth-order valence-corrected chi connectivity index (χ4v) is 2.09. The van der Waals surface area contributed by atoms with E-state index in [2.05, 4.69) is 0 Å². The molecule has 1 heterocycles. The lowest BCUT2D eigenvalue weighted by atomic mass is 9.97. The number of ether oxygens (including phenoxy) is 1. The average molecular weight is 292 g/mol. The third kappa shape index (κ3) is 7.04. The molecule has 1 saturated heterocycles. The Labute approximate surface area is 126 Å². The molecule has 1 aliphatic rings. The highest BCUT2D eigenvalue weighted by Crippen LogP contribution is 2.14. The zero-order chi connectivity index (χ0) is 15.5. The van der Waals surface area contributed by atoms with E-state index in [-0.39, 0.29) is 5.78 Å². The van der Waals surface area contributed by atoms with Crippen LogP contribution in [0.2, 0.25) is 0 Å². The van der Waals surface area contributed by atoms with Gasteiger partial charge in [-0.1, -0.05) is 37.3 Å². The van der Waals surface area contributed by atoms with Crippen LogP contribution in [0.5, 0.6) is 0 Å². The van der Waals surface area contributed by atoms with Gasteiger partial charge < -0.3 is 9.84 Å². The fraction of sp³-hybridized carbons (Fsp3) is 0.529. The lowest BCUT2D eigenvalue weighted by Crippen LogP contribution is -2.14. The second kappa shape index (κ2) is 10.1. The van der Waals surface area contributed by atoms with Crippen molar-refractivity contribution in [3.8, 4) is 0 Å². The van der Waals surface area contributed by atoms with Crippen LogP contribution in [-0.2, 0) is 9.53 Å². The molecule has 0 aromatic heterocycles. The van der Waals surface area contributed by atoms with Gasteiger partial charge in [0.15, 0.2) is 5.78 Å². The third-order valence-corrected chi connectivity index (χ3v) is 3.49. The number of carboxylic acid groups (broad SMARTS) is 1. The van der Waals surface area contributed by atoms with Gasteiger partial charge in [-0.2, -0.15) is 0 Å². The monoisotopic (exact) mass is 292 g/mol. The minimum Gasteiger partial charge on any atom is -0.481 e. The first-order valence-corrected chi connectivity index (χ1v) is 7.54. The van der Waals surface area contributed by atoms with Gasteiger partial charge in [-0.3, -0.25) is 9.59 Å². The van der Waals surface area contributed by atoms with Crippen LogP contribution < -0.4 is 0 Å². The topological polar surface area (TPSA) is 63.6 Å². The normalized spacial score (nSPS) is 14.9. The third-order valence-electron chi connectivity index (χ3n) is 3.49. The molecule has 116 valence electrons. The molecule has 1 atom stereocenters. The predicted octanol–water partition coefficient (Wildman–Crippen LogP) is 3.56. The molecule has 0 saturated carbocycles. The molecule has 1 unspecified atom stereocenters. The number of ketones is 1. The highest BCUT2D eigenvalue weighted by molar-refractivity contribution is 5.96. The molecule has 4 nitrogen and oxygen atoms in total. The summed E-state index contributed by atoms with van der Waals surface area (Å²) in [4.78, 5) is 22.5. The van der Waals surface area contributed by atoms with Crippen LogP contribution >= 0.6 is 0 Å². The van der Waals surface area contributed by atoms with Crippen molar-refractivity contribution in [2.45, 2.75) is 39.0 Å². The number of aliphatic carboxylic acids is 1. The summed E-state index contributed by atoms with van der Waals surface area (Å²) >= 11 is 0. The largest absolute Gasteiger partial charge is 0.481 e. The molecule has 0 spiro atoms. The Hall–Kier alpha value is -1.68. The van der Waals surface area contributed by atoms with Crippen LogP contribution in [0.15, 0.2) is 30.3 Å². The molecule has 2 rings (SSSR count).